The fourth-order valence-corrected chi connectivity index (χ4v) is 4.24. The summed E-state index contributed by atoms with van der Waals surface area (Å²) < 4.78 is 39.0. The highest BCUT2D eigenvalue weighted by atomic mass is 32.3. The molecule has 0 saturated carbocycles. The van der Waals surface area contributed by atoms with Gasteiger partial charge in [-0.1, -0.05) is 0 Å². The Morgan fingerprint density at radius 3 is 1.00 bits per heavy atom. The van der Waals surface area contributed by atoms with E-state index < -0.39 is 7.25 Å². The van der Waals surface area contributed by atoms with E-state index in [0.717, 1.165) is 0 Å². The lowest BCUT2D eigenvalue weighted by Gasteiger charge is -1.94. The van der Waals surface area contributed by atoms with Crippen LogP contribution in [0.15, 0.2) is 0 Å². The van der Waals surface area contributed by atoms with E-state index in [-0.39, 0.29) is 0 Å². The summed E-state index contributed by atoms with van der Waals surface area (Å²) in [7, 11) is -4.67. The lowest BCUT2D eigenvalue weighted by molar-refractivity contribution is 0.368. The van der Waals surface area contributed by atoms with Crippen LogP contribution in [0, 0.1) is 0 Å². The zero-order chi connectivity index (χ0) is 10.4. The van der Waals surface area contributed by atoms with Crippen LogP contribution in [0.5, 0.6) is 0 Å². The average molecular weight is 225 g/mol. The molecule has 0 aliphatic carbocycles. The average Bonchev–Trinajstić information content (AvgIpc) is 1.52. The van der Waals surface area contributed by atoms with Crippen LogP contribution in [0.4, 0.5) is 17.3 Å². The summed E-state index contributed by atoms with van der Waals surface area (Å²) in [5, 5.41) is 1.42. The first-order valence-corrected chi connectivity index (χ1v) is 7.50. The molecular formula is C5H14BF4S2+. The highest BCUT2D eigenvalue weighted by molar-refractivity contribution is 8.11. The Kier molecular flexibility index (Phi) is 8.67. The molecule has 0 saturated heterocycles. The SMILES string of the molecule is C[S+](C)C[S+](C)C.F[B-](F)(F)F. The van der Waals surface area contributed by atoms with Gasteiger partial charge in [-0.2, -0.15) is 0 Å². The van der Waals surface area contributed by atoms with Gasteiger partial charge in [0.15, 0.2) is 0 Å². The van der Waals surface area contributed by atoms with Gasteiger partial charge in [-0.05, 0) is 0 Å². The van der Waals surface area contributed by atoms with Crippen molar-refractivity contribution in [3.8, 4) is 0 Å². The van der Waals surface area contributed by atoms with E-state index in [9.17, 15) is 17.3 Å². The van der Waals surface area contributed by atoms with Crippen LogP contribution in [0.2, 0.25) is 0 Å². The molecular weight excluding hydrogens is 211 g/mol. The Hall–Kier alpha value is 0.485. The summed E-state index contributed by atoms with van der Waals surface area (Å²) in [6, 6.07) is 0. The molecule has 0 aromatic heterocycles. The highest BCUT2D eigenvalue weighted by Gasteiger charge is 2.20. The van der Waals surface area contributed by atoms with Crippen molar-refractivity contribution in [3.63, 3.8) is 0 Å². The predicted octanol–water partition coefficient (Wildman–Crippen LogP) is 2.00. The van der Waals surface area contributed by atoms with Crippen molar-refractivity contribution in [3.05, 3.63) is 0 Å². The molecule has 0 aromatic carbocycles. The Morgan fingerprint density at radius 1 is 0.833 bits per heavy atom. The molecule has 0 N–H and O–H groups in total. The van der Waals surface area contributed by atoms with Crippen molar-refractivity contribution in [2.75, 3.05) is 30.1 Å². The number of hydrogen-bond donors (Lipinski definition) is 0. The topological polar surface area (TPSA) is 0 Å². The third-order valence-corrected chi connectivity index (χ3v) is 4.24. The van der Waals surface area contributed by atoms with Gasteiger partial charge in [0.1, 0.15) is 25.0 Å². The van der Waals surface area contributed by atoms with Gasteiger partial charge in [-0.3, -0.25) is 0 Å². The first-order valence-electron chi connectivity index (χ1n) is 3.08. The monoisotopic (exact) mass is 225 g/mol. The standard InChI is InChI=1S/C5H14S2.BF4/c1-6(2)5-7(3)4;2-1(3,4)5/h5H2,1-4H3;/q+2;-1. The van der Waals surface area contributed by atoms with Crippen LogP contribution in [0.25, 0.3) is 0 Å². The Bertz CT molecular complexity index is 92.1. The second kappa shape index (κ2) is 6.94. The Morgan fingerprint density at radius 2 is 1.00 bits per heavy atom. The van der Waals surface area contributed by atoms with Gasteiger partial charge in [0, 0.05) is 21.8 Å². The third kappa shape index (κ3) is 46.9. The van der Waals surface area contributed by atoms with E-state index in [0.29, 0.717) is 21.8 Å². The normalized spacial score (nSPS) is 11.5. The van der Waals surface area contributed by atoms with Crippen LogP contribution < -0.4 is 0 Å². The van der Waals surface area contributed by atoms with E-state index in [4.69, 9.17) is 0 Å². The fourth-order valence-electron chi connectivity index (χ4n) is 0.471. The maximum absolute atomic E-state index is 9.75. The van der Waals surface area contributed by atoms with Crippen molar-refractivity contribution < 1.29 is 17.3 Å². The molecule has 0 spiro atoms. The summed E-state index contributed by atoms with van der Waals surface area (Å²) in [5.74, 6) is 0. The smallest absolute Gasteiger partial charge is 0.418 e. The summed E-state index contributed by atoms with van der Waals surface area (Å²) in [5.41, 5.74) is 0. The van der Waals surface area contributed by atoms with Crippen LogP contribution in [0.1, 0.15) is 0 Å². The number of rotatable bonds is 2. The van der Waals surface area contributed by atoms with Crippen molar-refractivity contribution in [2.24, 2.45) is 0 Å². The van der Waals surface area contributed by atoms with E-state index in [1.54, 1.807) is 0 Å². The lowest BCUT2D eigenvalue weighted by atomic mass is 10.3. The second-order valence-electron chi connectivity index (χ2n) is 2.58. The number of halogens is 4. The predicted molar refractivity (Wildman–Crippen MR) is 53.5 cm³/mol. The molecule has 0 amide bonds. The largest absolute Gasteiger partial charge is 0.673 e. The Labute approximate surface area is 76.9 Å². The van der Waals surface area contributed by atoms with E-state index in [1.807, 2.05) is 0 Å². The van der Waals surface area contributed by atoms with Gasteiger partial charge in [0.25, 0.3) is 5.08 Å². The molecule has 7 heteroatoms. The zero-order valence-electron chi connectivity index (χ0n) is 7.61. The zero-order valence-corrected chi connectivity index (χ0v) is 9.25. The minimum absolute atomic E-state index is 0.667. The molecule has 0 nitrogen and oxygen atoms in total. The summed E-state index contributed by atoms with van der Waals surface area (Å²) >= 11 is 0. The maximum Gasteiger partial charge on any atom is 0.673 e. The van der Waals surface area contributed by atoms with E-state index in [1.165, 1.54) is 5.08 Å². The summed E-state index contributed by atoms with van der Waals surface area (Å²) in [6.07, 6.45) is 9.19. The van der Waals surface area contributed by atoms with Crippen molar-refractivity contribution in [1.82, 2.24) is 0 Å². The molecule has 0 bridgehead atoms. The van der Waals surface area contributed by atoms with Crippen LogP contribution in [0.3, 0.4) is 0 Å². The van der Waals surface area contributed by atoms with Gasteiger partial charge >= 0.3 is 7.25 Å². The minimum atomic E-state index is -6.00. The molecule has 0 fully saturated rings. The van der Waals surface area contributed by atoms with Crippen LogP contribution in [-0.2, 0) is 21.8 Å². The first-order chi connectivity index (χ1) is 5.13. The maximum atomic E-state index is 9.75. The van der Waals surface area contributed by atoms with Gasteiger partial charge in [0.05, 0.1) is 0 Å². The van der Waals surface area contributed by atoms with Crippen molar-refractivity contribution in [1.29, 1.82) is 0 Å². The van der Waals surface area contributed by atoms with Crippen molar-refractivity contribution in [2.45, 2.75) is 0 Å². The van der Waals surface area contributed by atoms with E-state index >= 15 is 0 Å². The molecule has 0 unspecified atom stereocenters. The first kappa shape index (κ1) is 15.0. The summed E-state index contributed by atoms with van der Waals surface area (Å²) in [4.78, 5) is 0. The highest BCUT2D eigenvalue weighted by Crippen LogP contribution is 2.06. The molecule has 0 atom stereocenters. The van der Waals surface area contributed by atoms with E-state index in [2.05, 4.69) is 25.0 Å². The second-order valence-corrected chi connectivity index (χ2v) is 7.47. The minimum Gasteiger partial charge on any atom is -0.418 e. The molecule has 0 heterocycles. The molecule has 0 aliphatic rings. The van der Waals surface area contributed by atoms with Crippen LogP contribution in [-0.4, -0.2) is 37.4 Å². The molecule has 76 valence electrons. The van der Waals surface area contributed by atoms with Gasteiger partial charge in [0.2, 0.25) is 0 Å². The molecule has 0 rings (SSSR count). The third-order valence-electron chi connectivity index (χ3n) is 0.471. The number of hydrogen-bond acceptors (Lipinski definition) is 0. The molecule has 0 radical (unpaired) electrons. The lowest BCUT2D eigenvalue weighted by Crippen LogP contribution is -2.10. The molecule has 0 aromatic rings. The van der Waals surface area contributed by atoms with Gasteiger partial charge in [-0.15, -0.1) is 0 Å². The molecule has 0 aliphatic heterocycles. The Balaban J connectivity index is 0. The molecule has 12 heavy (non-hydrogen) atoms. The van der Waals surface area contributed by atoms with Gasteiger partial charge in [-0.25, -0.2) is 0 Å². The fraction of sp³-hybridized carbons (Fsp3) is 1.00. The summed E-state index contributed by atoms with van der Waals surface area (Å²) in [6.45, 7) is 0. The quantitative estimate of drug-likeness (QED) is 0.383. The van der Waals surface area contributed by atoms with Gasteiger partial charge < -0.3 is 17.3 Å². The van der Waals surface area contributed by atoms with Crippen LogP contribution >= 0.6 is 0 Å². The van der Waals surface area contributed by atoms with Crippen molar-refractivity contribution >= 4 is 29.0 Å².